The molecule has 1 amide bonds. The van der Waals surface area contributed by atoms with E-state index in [1.165, 1.54) is 5.56 Å². The minimum absolute atomic E-state index is 0.268. The van der Waals surface area contributed by atoms with Crippen LogP contribution in [0.25, 0.3) is 0 Å². The van der Waals surface area contributed by atoms with E-state index in [1.54, 1.807) is 11.2 Å². The number of hydrogen-bond donors (Lipinski definition) is 1. The largest absolute Gasteiger partial charge is 0.450 e. The molecular formula is C20H28N6O2. The number of aryl methyl sites for hydroxylation is 1. The molecule has 150 valence electrons. The van der Waals surface area contributed by atoms with Crippen LogP contribution in [0.2, 0.25) is 0 Å². The molecule has 0 unspecified atom stereocenters. The van der Waals surface area contributed by atoms with Crippen LogP contribution in [0.3, 0.4) is 0 Å². The summed E-state index contributed by atoms with van der Waals surface area (Å²) in [6.07, 6.45) is 1.28. The number of nitrogens with zero attached hydrogens (tertiary/aromatic N) is 5. The van der Waals surface area contributed by atoms with E-state index in [4.69, 9.17) is 10.5 Å². The van der Waals surface area contributed by atoms with E-state index in [0.717, 1.165) is 12.2 Å². The van der Waals surface area contributed by atoms with E-state index >= 15 is 0 Å². The van der Waals surface area contributed by atoms with Crippen molar-refractivity contribution in [3.63, 3.8) is 0 Å². The average Bonchev–Trinajstić information content (AvgIpc) is 2.70. The van der Waals surface area contributed by atoms with E-state index in [1.807, 2.05) is 13.0 Å². The molecule has 1 fully saturated rings. The van der Waals surface area contributed by atoms with Crippen LogP contribution in [0.4, 0.5) is 27.8 Å². The highest BCUT2D eigenvalue weighted by Crippen LogP contribution is 2.33. The number of rotatable bonds is 5. The Balaban J connectivity index is 1.81. The van der Waals surface area contributed by atoms with Crippen molar-refractivity contribution in [3.8, 4) is 0 Å². The van der Waals surface area contributed by atoms with Crippen molar-refractivity contribution in [1.29, 1.82) is 0 Å². The Kier molecular flexibility index (Phi) is 6.18. The lowest BCUT2D eigenvalue weighted by Gasteiger charge is -2.35. The molecule has 2 aromatic rings. The van der Waals surface area contributed by atoms with Gasteiger partial charge in [0, 0.05) is 38.4 Å². The summed E-state index contributed by atoms with van der Waals surface area (Å²) in [7, 11) is 0. The van der Waals surface area contributed by atoms with Gasteiger partial charge in [-0.15, -0.1) is 0 Å². The average molecular weight is 384 g/mol. The van der Waals surface area contributed by atoms with Crippen molar-refractivity contribution in [2.24, 2.45) is 0 Å². The van der Waals surface area contributed by atoms with E-state index in [9.17, 15) is 4.79 Å². The predicted molar refractivity (Wildman–Crippen MR) is 111 cm³/mol. The zero-order valence-electron chi connectivity index (χ0n) is 16.8. The maximum atomic E-state index is 11.9. The van der Waals surface area contributed by atoms with Crippen LogP contribution >= 0.6 is 0 Å². The fourth-order valence-electron chi connectivity index (χ4n) is 3.41. The minimum atomic E-state index is -0.268. The molecule has 1 aromatic heterocycles. The van der Waals surface area contributed by atoms with Gasteiger partial charge in [0.2, 0.25) is 0 Å². The summed E-state index contributed by atoms with van der Waals surface area (Å²) in [6.45, 7) is 9.52. The molecule has 28 heavy (non-hydrogen) atoms. The molecule has 0 radical (unpaired) electrons. The Morgan fingerprint density at radius 2 is 1.96 bits per heavy atom. The molecule has 1 aromatic carbocycles. The fraction of sp³-hybridized carbons (Fsp3) is 0.450. The van der Waals surface area contributed by atoms with Gasteiger partial charge in [0.05, 0.1) is 6.61 Å². The van der Waals surface area contributed by atoms with Gasteiger partial charge in [-0.05, 0) is 38.5 Å². The molecule has 1 aliphatic heterocycles. The van der Waals surface area contributed by atoms with Crippen LogP contribution < -0.4 is 15.5 Å². The molecule has 0 spiro atoms. The topological polar surface area (TPSA) is 87.8 Å². The molecule has 2 heterocycles. The molecule has 1 aliphatic rings. The summed E-state index contributed by atoms with van der Waals surface area (Å²) < 4.78 is 5.08. The van der Waals surface area contributed by atoms with Gasteiger partial charge in [-0.3, -0.25) is 0 Å². The summed E-state index contributed by atoms with van der Waals surface area (Å²) in [5.74, 6) is 1.41. The number of aromatic nitrogens is 2. The first-order valence-electron chi connectivity index (χ1n) is 9.66. The highest BCUT2D eigenvalue weighted by Gasteiger charge is 2.25. The van der Waals surface area contributed by atoms with Crippen LogP contribution in [0.1, 0.15) is 19.4 Å². The van der Waals surface area contributed by atoms with Crippen LogP contribution in [-0.4, -0.2) is 60.3 Å². The van der Waals surface area contributed by atoms with Crippen LogP contribution in [-0.2, 0) is 4.74 Å². The summed E-state index contributed by atoms with van der Waals surface area (Å²) in [6, 6.07) is 8.26. The van der Waals surface area contributed by atoms with Gasteiger partial charge >= 0.3 is 6.09 Å². The molecule has 8 nitrogen and oxygen atoms in total. The lowest BCUT2D eigenvalue weighted by Crippen LogP contribution is -2.49. The molecule has 0 saturated carbocycles. The Morgan fingerprint density at radius 3 is 2.61 bits per heavy atom. The maximum absolute atomic E-state index is 11.9. The number of amides is 1. The zero-order chi connectivity index (χ0) is 20.1. The molecule has 2 N–H and O–H groups in total. The Labute approximate surface area is 165 Å². The quantitative estimate of drug-likeness (QED) is 0.848. The standard InChI is InChI=1S/C20H28N6O2/c1-4-26(16-8-6-7-15(3)13-16)19-17(21)18(22-14-23-19)24-9-11-25(12-10-24)20(27)28-5-2/h6-8,13-14H,4-5,9-12,21H2,1-3H3. The van der Waals surface area contributed by atoms with Gasteiger partial charge in [-0.25, -0.2) is 14.8 Å². The number of carbonyl (C=O) groups excluding carboxylic acids is 1. The fourth-order valence-corrected chi connectivity index (χ4v) is 3.41. The lowest BCUT2D eigenvalue weighted by molar-refractivity contribution is 0.105. The van der Waals surface area contributed by atoms with Gasteiger partial charge in [-0.1, -0.05) is 12.1 Å². The Hall–Kier alpha value is -3.03. The number of benzene rings is 1. The summed E-state index contributed by atoms with van der Waals surface area (Å²) in [4.78, 5) is 26.7. The van der Waals surface area contributed by atoms with Crippen molar-refractivity contribution in [3.05, 3.63) is 36.2 Å². The lowest BCUT2D eigenvalue weighted by atomic mass is 10.2. The van der Waals surface area contributed by atoms with Crippen molar-refractivity contribution >= 4 is 29.1 Å². The predicted octanol–water partition coefficient (Wildman–Crippen LogP) is 2.80. The van der Waals surface area contributed by atoms with E-state index in [0.29, 0.717) is 50.1 Å². The zero-order valence-corrected chi connectivity index (χ0v) is 16.8. The number of ether oxygens (including phenoxy) is 1. The number of nitrogens with two attached hydrogens (primary N) is 1. The van der Waals surface area contributed by atoms with Crippen molar-refractivity contribution in [1.82, 2.24) is 14.9 Å². The molecule has 8 heteroatoms. The van der Waals surface area contributed by atoms with E-state index < -0.39 is 0 Å². The number of piperazine rings is 1. The number of carbonyl (C=O) groups is 1. The number of anilines is 4. The number of hydrogen-bond acceptors (Lipinski definition) is 7. The SMILES string of the molecule is CCOC(=O)N1CCN(c2ncnc(N(CC)c3cccc(C)c3)c2N)CC1. The van der Waals surface area contributed by atoms with Crippen molar-refractivity contribution in [2.75, 3.05) is 54.9 Å². The highest BCUT2D eigenvalue weighted by molar-refractivity contribution is 5.80. The van der Waals surface area contributed by atoms with Gasteiger partial charge in [0.25, 0.3) is 0 Å². The third kappa shape index (κ3) is 4.11. The van der Waals surface area contributed by atoms with E-state index in [2.05, 4.69) is 51.8 Å². The third-order valence-corrected chi connectivity index (χ3v) is 4.83. The Morgan fingerprint density at radius 1 is 1.21 bits per heavy atom. The second kappa shape index (κ2) is 8.77. The van der Waals surface area contributed by atoms with Crippen LogP contribution in [0, 0.1) is 6.92 Å². The van der Waals surface area contributed by atoms with Crippen molar-refractivity contribution in [2.45, 2.75) is 20.8 Å². The monoisotopic (exact) mass is 384 g/mol. The summed E-state index contributed by atoms with van der Waals surface area (Å²) in [5, 5.41) is 0. The normalized spacial score (nSPS) is 14.1. The molecule has 1 saturated heterocycles. The molecule has 0 aliphatic carbocycles. The maximum Gasteiger partial charge on any atom is 0.409 e. The first-order chi connectivity index (χ1) is 13.5. The first kappa shape index (κ1) is 19.7. The molecule has 0 atom stereocenters. The summed E-state index contributed by atoms with van der Waals surface area (Å²) in [5.41, 5.74) is 9.27. The summed E-state index contributed by atoms with van der Waals surface area (Å²) >= 11 is 0. The molecular weight excluding hydrogens is 356 g/mol. The van der Waals surface area contributed by atoms with Gasteiger partial charge in [0.1, 0.15) is 12.0 Å². The van der Waals surface area contributed by atoms with Crippen LogP contribution in [0.15, 0.2) is 30.6 Å². The van der Waals surface area contributed by atoms with Gasteiger partial charge in [-0.2, -0.15) is 0 Å². The molecule has 3 rings (SSSR count). The first-order valence-corrected chi connectivity index (χ1v) is 9.66. The van der Waals surface area contributed by atoms with Gasteiger partial charge < -0.3 is 25.2 Å². The van der Waals surface area contributed by atoms with Gasteiger partial charge in [0.15, 0.2) is 11.6 Å². The smallest absolute Gasteiger partial charge is 0.409 e. The Bertz CT molecular complexity index is 820. The second-order valence-electron chi connectivity index (χ2n) is 6.69. The van der Waals surface area contributed by atoms with Crippen molar-refractivity contribution < 1.29 is 9.53 Å². The van der Waals surface area contributed by atoms with Crippen LogP contribution in [0.5, 0.6) is 0 Å². The highest BCUT2D eigenvalue weighted by atomic mass is 16.6. The van der Waals surface area contributed by atoms with E-state index in [-0.39, 0.29) is 6.09 Å². The third-order valence-electron chi connectivity index (χ3n) is 4.83. The minimum Gasteiger partial charge on any atom is -0.450 e. The number of nitrogen functional groups attached to an aromatic ring is 1. The molecule has 0 bridgehead atoms. The second-order valence-corrected chi connectivity index (χ2v) is 6.69.